The standard InChI is InChI=1S/C24H37NO5S/c1-5-30-22(29)24-15-31-21(23(2,3)4)25(24)20(28)18(19(24)27)17(26)14-10-9-13-16-11-7-6-8-12-16/h16,21,27H,5-15H2,1-4H3/t21-,24-/m1/s1. The number of nitrogens with zero attached hydrogens (tertiary/aromatic N) is 1. The second-order valence-electron chi connectivity index (χ2n) is 10.2. The zero-order valence-corrected chi connectivity index (χ0v) is 20.2. The Morgan fingerprint density at radius 3 is 2.48 bits per heavy atom. The minimum absolute atomic E-state index is 0.144. The number of rotatable bonds is 8. The Bertz CT molecular complexity index is 750. The summed E-state index contributed by atoms with van der Waals surface area (Å²) in [5, 5.41) is 10.7. The lowest BCUT2D eigenvalue weighted by molar-refractivity contribution is -0.159. The summed E-state index contributed by atoms with van der Waals surface area (Å²) in [5.41, 5.74) is -2.11. The quantitative estimate of drug-likeness (QED) is 0.325. The summed E-state index contributed by atoms with van der Waals surface area (Å²) in [5.74, 6) is -1.00. The Labute approximate surface area is 190 Å². The van der Waals surface area contributed by atoms with Crippen molar-refractivity contribution in [1.82, 2.24) is 4.90 Å². The number of esters is 1. The molecule has 2 fully saturated rings. The minimum atomic E-state index is -1.58. The molecule has 0 aromatic heterocycles. The van der Waals surface area contributed by atoms with Crippen LogP contribution in [-0.4, -0.2) is 50.9 Å². The third kappa shape index (κ3) is 4.53. The summed E-state index contributed by atoms with van der Waals surface area (Å²) < 4.78 is 5.25. The van der Waals surface area contributed by atoms with Crippen LogP contribution < -0.4 is 0 Å². The van der Waals surface area contributed by atoms with Gasteiger partial charge in [-0.2, -0.15) is 0 Å². The molecule has 0 radical (unpaired) electrons. The van der Waals surface area contributed by atoms with Gasteiger partial charge in [-0.25, -0.2) is 4.79 Å². The van der Waals surface area contributed by atoms with Crippen LogP contribution in [0.5, 0.6) is 0 Å². The van der Waals surface area contributed by atoms with Crippen LogP contribution in [0.25, 0.3) is 0 Å². The number of thioether (sulfide) groups is 1. The fraction of sp³-hybridized carbons (Fsp3) is 0.792. The number of aliphatic hydroxyl groups is 1. The number of Topliss-reactive ketones (excluding diaryl/α,β-unsaturated/α-hetero) is 1. The Hall–Kier alpha value is -1.50. The zero-order valence-electron chi connectivity index (χ0n) is 19.4. The number of carbonyl (C=O) groups excluding carboxylic acids is 3. The third-order valence-corrected chi connectivity index (χ3v) is 8.60. The Morgan fingerprint density at radius 1 is 1.19 bits per heavy atom. The highest BCUT2D eigenvalue weighted by Gasteiger charge is 2.66. The number of fused-ring (bicyclic) bond motifs is 1. The maximum Gasteiger partial charge on any atom is 0.341 e. The molecule has 2 atom stereocenters. The highest BCUT2D eigenvalue weighted by molar-refractivity contribution is 8.00. The number of hydrogen-bond acceptors (Lipinski definition) is 6. The van der Waals surface area contributed by atoms with Crippen molar-refractivity contribution in [3.8, 4) is 0 Å². The van der Waals surface area contributed by atoms with Crippen LogP contribution >= 0.6 is 11.8 Å². The molecule has 0 bridgehead atoms. The average Bonchev–Trinajstić information content (AvgIpc) is 3.22. The highest BCUT2D eigenvalue weighted by atomic mass is 32.2. The van der Waals surface area contributed by atoms with Gasteiger partial charge in [0.25, 0.3) is 5.91 Å². The van der Waals surface area contributed by atoms with Gasteiger partial charge in [0.2, 0.25) is 5.54 Å². The summed E-state index contributed by atoms with van der Waals surface area (Å²) in [4.78, 5) is 40.7. The van der Waals surface area contributed by atoms with E-state index in [4.69, 9.17) is 4.74 Å². The molecule has 2 heterocycles. The minimum Gasteiger partial charge on any atom is -0.508 e. The van der Waals surface area contributed by atoms with Crippen molar-refractivity contribution in [2.24, 2.45) is 11.3 Å². The Balaban J connectivity index is 1.75. The van der Waals surface area contributed by atoms with E-state index < -0.39 is 23.2 Å². The van der Waals surface area contributed by atoms with Crippen LogP contribution in [0.4, 0.5) is 0 Å². The van der Waals surface area contributed by atoms with Gasteiger partial charge in [0.15, 0.2) is 5.78 Å². The van der Waals surface area contributed by atoms with Crippen molar-refractivity contribution >= 4 is 29.4 Å². The molecule has 1 saturated heterocycles. The fourth-order valence-electron chi connectivity index (χ4n) is 5.15. The van der Waals surface area contributed by atoms with E-state index in [1.54, 1.807) is 6.92 Å². The first-order valence-corrected chi connectivity index (χ1v) is 12.8. The number of amides is 1. The molecule has 6 nitrogen and oxygen atoms in total. The van der Waals surface area contributed by atoms with E-state index in [9.17, 15) is 19.5 Å². The van der Waals surface area contributed by atoms with Crippen molar-refractivity contribution in [1.29, 1.82) is 0 Å². The van der Waals surface area contributed by atoms with Gasteiger partial charge >= 0.3 is 5.97 Å². The summed E-state index contributed by atoms with van der Waals surface area (Å²) in [7, 11) is 0. The Morgan fingerprint density at radius 2 is 1.87 bits per heavy atom. The number of carbonyl (C=O) groups is 3. The van der Waals surface area contributed by atoms with Crippen molar-refractivity contribution in [2.75, 3.05) is 12.4 Å². The van der Waals surface area contributed by atoms with Crippen molar-refractivity contribution in [3.05, 3.63) is 11.3 Å². The molecule has 1 aliphatic carbocycles. The van der Waals surface area contributed by atoms with Crippen molar-refractivity contribution in [2.45, 2.75) is 96.4 Å². The predicted molar refractivity (Wildman–Crippen MR) is 122 cm³/mol. The average molecular weight is 452 g/mol. The smallest absolute Gasteiger partial charge is 0.341 e. The maximum atomic E-state index is 13.4. The van der Waals surface area contributed by atoms with E-state index in [1.165, 1.54) is 48.8 Å². The first-order chi connectivity index (χ1) is 14.6. The molecule has 1 amide bonds. The molecular weight excluding hydrogens is 414 g/mol. The van der Waals surface area contributed by atoms with Crippen molar-refractivity contribution < 1.29 is 24.2 Å². The number of aliphatic hydroxyl groups excluding tert-OH is 1. The topological polar surface area (TPSA) is 83.9 Å². The molecule has 0 aromatic rings. The van der Waals surface area contributed by atoms with Crippen LogP contribution in [0.1, 0.15) is 85.5 Å². The molecule has 3 rings (SSSR count). The maximum absolute atomic E-state index is 13.4. The largest absolute Gasteiger partial charge is 0.508 e. The van der Waals surface area contributed by atoms with Crippen LogP contribution in [0.2, 0.25) is 0 Å². The lowest BCUT2D eigenvalue weighted by Gasteiger charge is -2.37. The normalized spacial score (nSPS) is 27.0. The van der Waals surface area contributed by atoms with Crippen LogP contribution in [0, 0.1) is 11.3 Å². The molecule has 0 spiro atoms. The molecule has 0 unspecified atom stereocenters. The van der Waals surface area contributed by atoms with Gasteiger partial charge in [0.1, 0.15) is 11.3 Å². The fourth-order valence-corrected chi connectivity index (χ4v) is 6.86. The van der Waals surface area contributed by atoms with Crippen LogP contribution in [-0.2, 0) is 19.1 Å². The lowest BCUT2D eigenvalue weighted by atomic mass is 9.85. The molecule has 2 aliphatic heterocycles. The van der Waals surface area contributed by atoms with E-state index in [-0.39, 0.29) is 40.9 Å². The van der Waals surface area contributed by atoms with Crippen LogP contribution in [0.15, 0.2) is 11.3 Å². The molecule has 1 saturated carbocycles. The molecule has 0 aromatic carbocycles. The molecule has 3 aliphatic rings. The molecular formula is C24H37NO5S. The first-order valence-electron chi connectivity index (χ1n) is 11.7. The van der Waals surface area contributed by atoms with Crippen LogP contribution in [0.3, 0.4) is 0 Å². The van der Waals surface area contributed by atoms with Gasteiger partial charge in [-0.1, -0.05) is 65.7 Å². The van der Waals surface area contributed by atoms with Gasteiger partial charge in [0, 0.05) is 12.2 Å². The van der Waals surface area contributed by atoms with E-state index in [0.29, 0.717) is 6.42 Å². The number of ether oxygens (including phenoxy) is 1. The van der Waals surface area contributed by atoms with Crippen molar-refractivity contribution in [3.63, 3.8) is 0 Å². The number of ketones is 1. The summed E-state index contributed by atoms with van der Waals surface area (Å²) in [6.45, 7) is 7.80. The summed E-state index contributed by atoms with van der Waals surface area (Å²) in [6, 6.07) is 0. The first kappa shape index (κ1) is 24.1. The van der Waals surface area contributed by atoms with E-state index in [1.807, 2.05) is 20.8 Å². The van der Waals surface area contributed by atoms with E-state index in [2.05, 4.69) is 0 Å². The van der Waals surface area contributed by atoms with Gasteiger partial charge in [-0.3, -0.25) is 9.59 Å². The predicted octanol–water partition coefficient (Wildman–Crippen LogP) is 4.77. The van der Waals surface area contributed by atoms with E-state index >= 15 is 0 Å². The summed E-state index contributed by atoms with van der Waals surface area (Å²) >= 11 is 1.45. The number of hydrogen-bond donors (Lipinski definition) is 1. The lowest BCUT2D eigenvalue weighted by Crippen LogP contribution is -2.57. The summed E-state index contributed by atoms with van der Waals surface area (Å²) in [6.07, 6.45) is 9.48. The van der Waals surface area contributed by atoms with Gasteiger partial charge in [-0.05, 0) is 24.7 Å². The van der Waals surface area contributed by atoms with Gasteiger partial charge in [-0.15, -0.1) is 11.8 Å². The highest BCUT2D eigenvalue weighted by Crippen LogP contribution is 2.52. The monoisotopic (exact) mass is 451 g/mol. The van der Waals surface area contributed by atoms with Gasteiger partial charge < -0.3 is 14.7 Å². The third-order valence-electron chi connectivity index (χ3n) is 6.78. The zero-order chi connectivity index (χ0) is 22.8. The second-order valence-corrected chi connectivity index (χ2v) is 11.3. The SMILES string of the molecule is CCOC(=O)[C@]12CS[C@H](C(C)(C)C)N1C(=O)C(C(=O)CCCCC1CCCCC1)=C2O. The Kier molecular flexibility index (Phi) is 7.44. The second kappa shape index (κ2) is 9.55. The molecule has 7 heteroatoms. The molecule has 174 valence electrons. The van der Waals surface area contributed by atoms with Gasteiger partial charge in [0.05, 0.1) is 12.0 Å². The molecule has 31 heavy (non-hydrogen) atoms. The van der Waals surface area contributed by atoms with E-state index in [0.717, 1.165) is 18.8 Å². The number of unbranched alkanes of at least 4 members (excludes halogenated alkanes) is 1. The molecule has 1 N–H and O–H groups in total.